The van der Waals surface area contributed by atoms with Crippen molar-refractivity contribution in [2.45, 2.75) is 12.8 Å². The number of para-hydroxylation sites is 1. The standard InChI is InChI=1S/C15H18N4O2S/c16-14(20)10-5-7-19(8-6-10)15-17-13(9-22-15)11-3-1-2-4-12(11)18-21/h1-4,9-10,18,21H,5-8H2,(H2,16,20)/p+1. The highest BCUT2D eigenvalue weighted by Crippen LogP contribution is 2.32. The minimum absolute atomic E-state index is 0.0135. The number of nitrogens with two attached hydrogens (primary N) is 2. The van der Waals surface area contributed by atoms with Crippen molar-refractivity contribution in [2.75, 3.05) is 18.0 Å². The van der Waals surface area contributed by atoms with Crippen LogP contribution in [0.3, 0.4) is 0 Å². The van der Waals surface area contributed by atoms with Crippen LogP contribution in [0.1, 0.15) is 12.8 Å². The molecule has 1 aromatic heterocycles. The van der Waals surface area contributed by atoms with Gasteiger partial charge >= 0.3 is 0 Å². The largest absolute Gasteiger partial charge is 0.369 e. The Balaban J connectivity index is 1.76. The van der Waals surface area contributed by atoms with E-state index in [1.54, 1.807) is 11.3 Å². The van der Waals surface area contributed by atoms with Gasteiger partial charge in [0.15, 0.2) is 10.8 Å². The van der Waals surface area contributed by atoms with Gasteiger partial charge in [-0.05, 0) is 18.9 Å². The van der Waals surface area contributed by atoms with E-state index in [1.807, 2.05) is 29.6 Å². The van der Waals surface area contributed by atoms with Crippen LogP contribution in [0, 0.1) is 5.92 Å². The van der Waals surface area contributed by atoms with E-state index in [1.165, 1.54) is 0 Å². The number of hydrogen-bond donors (Lipinski definition) is 3. The van der Waals surface area contributed by atoms with E-state index in [9.17, 15) is 10.0 Å². The quantitative estimate of drug-likeness (QED) is 0.581. The first-order chi connectivity index (χ1) is 10.7. The Labute approximate surface area is 132 Å². The molecule has 1 saturated heterocycles. The third-order valence-electron chi connectivity index (χ3n) is 4.04. The Kier molecular flexibility index (Phi) is 4.37. The minimum atomic E-state index is -0.202. The third kappa shape index (κ3) is 2.96. The molecule has 22 heavy (non-hydrogen) atoms. The molecule has 0 saturated carbocycles. The number of aromatic nitrogens is 1. The Morgan fingerprint density at radius 2 is 2.09 bits per heavy atom. The minimum Gasteiger partial charge on any atom is -0.369 e. The van der Waals surface area contributed by atoms with Crippen molar-refractivity contribution in [2.24, 2.45) is 11.7 Å². The molecule has 5 N–H and O–H groups in total. The van der Waals surface area contributed by atoms with E-state index in [0.29, 0.717) is 0 Å². The van der Waals surface area contributed by atoms with Gasteiger partial charge in [-0.1, -0.05) is 12.1 Å². The normalized spacial score (nSPS) is 16.0. The van der Waals surface area contributed by atoms with Gasteiger partial charge in [0.05, 0.1) is 11.3 Å². The number of benzene rings is 1. The SMILES string of the molecule is NC(=O)C1CCN(c2nc(-c3ccccc3[NH2+]O)cs2)CC1. The molecule has 2 heterocycles. The van der Waals surface area contributed by atoms with Gasteiger partial charge in [-0.2, -0.15) is 5.48 Å². The number of amides is 1. The van der Waals surface area contributed by atoms with E-state index >= 15 is 0 Å². The zero-order valence-corrected chi connectivity index (χ0v) is 12.9. The Morgan fingerprint density at radius 1 is 1.36 bits per heavy atom. The second-order valence-corrected chi connectivity index (χ2v) is 6.23. The molecule has 1 aliphatic heterocycles. The molecule has 1 amide bonds. The molecule has 0 spiro atoms. The molecule has 0 aliphatic carbocycles. The van der Waals surface area contributed by atoms with Crippen LogP contribution in [0.5, 0.6) is 0 Å². The van der Waals surface area contributed by atoms with E-state index in [4.69, 9.17) is 5.73 Å². The van der Waals surface area contributed by atoms with Crippen molar-refractivity contribution >= 4 is 28.1 Å². The molecule has 1 aliphatic rings. The summed E-state index contributed by atoms with van der Waals surface area (Å²) in [7, 11) is 0. The number of rotatable bonds is 4. The highest BCUT2D eigenvalue weighted by Gasteiger charge is 2.25. The molecule has 1 fully saturated rings. The van der Waals surface area contributed by atoms with Crippen molar-refractivity contribution < 1.29 is 15.5 Å². The van der Waals surface area contributed by atoms with Gasteiger partial charge in [-0.3, -0.25) is 4.79 Å². The van der Waals surface area contributed by atoms with Crippen LogP contribution in [-0.2, 0) is 4.79 Å². The molecule has 7 heteroatoms. The lowest BCUT2D eigenvalue weighted by atomic mass is 9.97. The number of piperidine rings is 1. The molecular formula is C15H19N4O2S+. The molecule has 116 valence electrons. The van der Waals surface area contributed by atoms with Crippen LogP contribution >= 0.6 is 11.3 Å². The summed E-state index contributed by atoms with van der Waals surface area (Å²) < 4.78 is 0. The summed E-state index contributed by atoms with van der Waals surface area (Å²) in [6.07, 6.45) is 1.57. The fraction of sp³-hybridized carbons (Fsp3) is 0.333. The van der Waals surface area contributed by atoms with Crippen molar-refractivity contribution in [3.8, 4) is 11.3 Å². The maximum absolute atomic E-state index is 11.2. The monoisotopic (exact) mass is 319 g/mol. The lowest BCUT2D eigenvalue weighted by Crippen LogP contribution is -2.73. The maximum Gasteiger partial charge on any atom is 0.220 e. The van der Waals surface area contributed by atoms with Gasteiger partial charge in [-0.15, -0.1) is 11.3 Å². The highest BCUT2D eigenvalue weighted by molar-refractivity contribution is 7.14. The molecular weight excluding hydrogens is 300 g/mol. The first kappa shape index (κ1) is 15.0. The number of primary amides is 1. The van der Waals surface area contributed by atoms with Crippen molar-refractivity contribution in [1.82, 2.24) is 4.98 Å². The van der Waals surface area contributed by atoms with E-state index in [2.05, 4.69) is 9.88 Å². The van der Waals surface area contributed by atoms with Crippen LogP contribution in [0.2, 0.25) is 0 Å². The van der Waals surface area contributed by atoms with E-state index < -0.39 is 0 Å². The average molecular weight is 319 g/mol. The third-order valence-corrected chi connectivity index (χ3v) is 4.94. The fourth-order valence-corrected chi connectivity index (χ4v) is 3.61. The van der Waals surface area contributed by atoms with E-state index in [-0.39, 0.29) is 11.8 Å². The molecule has 6 nitrogen and oxygen atoms in total. The molecule has 0 unspecified atom stereocenters. The summed E-state index contributed by atoms with van der Waals surface area (Å²) in [4.78, 5) is 18.1. The summed E-state index contributed by atoms with van der Waals surface area (Å²) in [6.45, 7) is 1.60. The number of thiazole rings is 1. The first-order valence-corrected chi connectivity index (χ1v) is 8.13. The van der Waals surface area contributed by atoms with Crippen LogP contribution in [0.4, 0.5) is 10.8 Å². The predicted octanol–water partition coefficient (Wildman–Crippen LogP) is 1.10. The van der Waals surface area contributed by atoms with Crippen molar-refractivity contribution in [1.29, 1.82) is 0 Å². The number of anilines is 1. The smallest absolute Gasteiger partial charge is 0.220 e. The Hall–Kier alpha value is -1.96. The molecule has 3 rings (SSSR count). The van der Waals surface area contributed by atoms with E-state index in [0.717, 1.165) is 53.5 Å². The van der Waals surface area contributed by atoms with Crippen LogP contribution < -0.4 is 16.1 Å². The molecule has 0 bridgehead atoms. The number of carbonyl (C=O) groups excluding carboxylic acids is 1. The summed E-state index contributed by atoms with van der Waals surface area (Å²) >= 11 is 1.58. The lowest BCUT2D eigenvalue weighted by Gasteiger charge is -2.30. The van der Waals surface area contributed by atoms with Gasteiger partial charge < -0.3 is 10.6 Å². The van der Waals surface area contributed by atoms with Gasteiger partial charge in [0.25, 0.3) is 0 Å². The zero-order chi connectivity index (χ0) is 15.5. The molecule has 2 aromatic rings. The fourth-order valence-electron chi connectivity index (χ4n) is 2.73. The van der Waals surface area contributed by atoms with Crippen molar-refractivity contribution in [3.63, 3.8) is 0 Å². The summed E-state index contributed by atoms with van der Waals surface area (Å²) in [5, 5.41) is 12.3. The van der Waals surface area contributed by atoms with Crippen molar-refractivity contribution in [3.05, 3.63) is 29.6 Å². The summed E-state index contributed by atoms with van der Waals surface area (Å²) in [6, 6.07) is 7.61. The average Bonchev–Trinajstić information content (AvgIpc) is 3.04. The number of carbonyl (C=O) groups is 1. The van der Waals surface area contributed by atoms with Crippen LogP contribution in [0.15, 0.2) is 29.6 Å². The second kappa shape index (κ2) is 6.43. The van der Waals surface area contributed by atoms with Gasteiger partial charge in [0, 0.05) is 30.5 Å². The second-order valence-electron chi connectivity index (χ2n) is 5.40. The maximum atomic E-state index is 11.2. The molecule has 0 atom stereocenters. The first-order valence-electron chi connectivity index (χ1n) is 7.25. The Bertz CT molecular complexity index is 665. The molecule has 1 aromatic carbocycles. The topological polar surface area (TPSA) is 96.1 Å². The van der Waals surface area contributed by atoms with Gasteiger partial charge in [0.2, 0.25) is 5.91 Å². The summed E-state index contributed by atoms with van der Waals surface area (Å²) in [5.41, 5.74) is 9.00. The van der Waals surface area contributed by atoms with Crippen LogP contribution in [-0.4, -0.2) is 29.2 Å². The van der Waals surface area contributed by atoms with Crippen LogP contribution in [0.25, 0.3) is 11.3 Å². The Morgan fingerprint density at radius 3 is 2.77 bits per heavy atom. The number of hydrogen-bond acceptors (Lipinski definition) is 5. The zero-order valence-electron chi connectivity index (χ0n) is 12.1. The predicted molar refractivity (Wildman–Crippen MR) is 85.1 cm³/mol. The number of nitrogens with zero attached hydrogens (tertiary/aromatic N) is 2. The lowest BCUT2D eigenvalue weighted by molar-refractivity contribution is -0.825. The van der Waals surface area contributed by atoms with Gasteiger partial charge in [-0.25, -0.2) is 10.2 Å². The summed E-state index contributed by atoms with van der Waals surface area (Å²) in [5.74, 6) is -0.215. The molecule has 0 radical (unpaired) electrons. The van der Waals surface area contributed by atoms with Gasteiger partial charge in [0.1, 0.15) is 0 Å². The number of quaternary nitrogens is 1. The highest BCUT2D eigenvalue weighted by atomic mass is 32.1.